The van der Waals surface area contributed by atoms with E-state index in [9.17, 15) is 24.6 Å². The highest BCUT2D eigenvalue weighted by molar-refractivity contribution is 6.29. The molecule has 1 heterocycles. The minimum atomic E-state index is -2.82. The summed E-state index contributed by atoms with van der Waals surface area (Å²) in [5, 5.41) is 27.6. The van der Waals surface area contributed by atoms with Crippen LogP contribution in [0.4, 0.5) is 10.1 Å². The third-order valence-corrected chi connectivity index (χ3v) is 7.88. The Kier molecular flexibility index (Phi) is 10.4. The fourth-order valence-corrected chi connectivity index (χ4v) is 6.05. The number of anilines is 1. The molecule has 0 aromatic heterocycles. The molecule has 0 saturated carbocycles. The maximum Gasteiger partial charge on any atom is 0.275 e. The minimum absolute atomic E-state index is 0.0542. The van der Waals surface area contributed by atoms with Crippen LogP contribution in [0.1, 0.15) is 62.8 Å². The van der Waals surface area contributed by atoms with Gasteiger partial charge >= 0.3 is 0 Å². The molecule has 234 valence electrons. The van der Waals surface area contributed by atoms with E-state index in [2.05, 4.69) is 15.5 Å². The minimum Gasteiger partial charge on any atom is -0.367 e. The highest BCUT2D eigenvalue weighted by Gasteiger charge is 2.40. The van der Waals surface area contributed by atoms with Crippen LogP contribution >= 0.6 is 0 Å². The predicted octanol–water partition coefficient (Wildman–Crippen LogP) is 1.74. The molecule has 1 aliphatic heterocycles. The number of benzene rings is 2. The van der Waals surface area contributed by atoms with Crippen LogP contribution in [0.15, 0.2) is 36.4 Å². The van der Waals surface area contributed by atoms with Crippen LogP contribution in [-0.4, -0.2) is 83.2 Å². The molecule has 0 spiro atoms. The Labute approximate surface area is 254 Å². The number of nitrogens with one attached hydrogen (secondary N) is 2. The van der Waals surface area contributed by atoms with Gasteiger partial charge in [0.15, 0.2) is 0 Å². The number of morpholine rings is 1. The van der Waals surface area contributed by atoms with Gasteiger partial charge in [0.1, 0.15) is 19.9 Å². The second-order valence-electron chi connectivity index (χ2n) is 12.7. The molecule has 3 rings (SSSR count). The summed E-state index contributed by atoms with van der Waals surface area (Å²) in [4.78, 5) is 39.6. The van der Waals surface area contributed by atoms with Crippen molar-refractivity contribution in [2.45, 2.75) is 83.1 Å². The Hall–Kier alpha value is -3.32. The topological polar surface area (TPSA) is 131 Å². The number of aryl methyl sites for hydroxylation is 1. The lowest BCUT2D eigenvalue weighted by atomic mass is 9.71. The highest BCUT2D eigenvalue weighted by Crippen LogP contribution is 2.33. The fourth-order valence-electron chi connectivity index (χ4n) is 6.05. The molecule has 2 amide bonds. The first kappa shape index (κ1) is 34.2. The van der Waals surface area contributed by atoms with Gasteiger partial charge in [-0.3, -0.25) is 14.5 Å². The van der Waals surface area contributed by atoms with Crippen LogP contribution in [-0.2, 0) is 38.1 Å². The number of ether oxygens (including phenoxy) is 1. The molecule has 12 heteroatoms. The van der Waals surface area contributed by atoms with E-state index in [4.69, 9.17) is 4.74 Å². The Morgan fingerprint density at radius 1 is 1.14 bits per heavy atom. The van der Waals surface area contributed by atoms with E-state index in [1.807, 2.05) is 27.7 Å². The first-order chi connectivity index (χ1) is 20.0. The van der Waals surface area contributed by atoms with Gasteiger partial charge in [-0.1, -0.05) is 24.3 Å². The number of hydrogen-bond acceptors (Lipinski definition) is 8. The Bertz CT molecular complexity index is 1320. The molecule has 1 aliphatic rings. The number of amides is 2. The van der Waals surface area contributed by atoms with Crippen molar-refractivity contribution in [3.05, 3.63) is 64.5 Å². The van der Waals surface area contributed by atoms with Crippen molar-refractivity contribution in [1.82, 2.24) is 15.1 Å². The number of aliphatic hydroxyl groups is 2. The van der Waals surface area contributed by atoms with Crippen molar-refractivity contribution in [1.29, 1.82) is 0 Å². The van der Waals surface area contributed by atoms with Crippen LogP contribution in [0.25, 0.3) is 0 Å². The van der Waals surface area contributed by atoms with Crippen molar-refractivity contribution in [3.63, 3.8) is 0 Å². The van der Waals surface area contributed by atoms with E-state index in [0.717, 1.165) is 0 Å². The lowest BCUT2D eigenvalue weighted by molar-refractivity contribution is -0.182. The van der Waals surface area contributed by atoms with Crippen LogP contribution < -0.4 is 10.6 Å². The van der Waals surface area contributed by atoms with Crippen LogP contribution in [0, 0.1) is 12.7 Å². The number of aldehydes is 1. The molecular weight excluding hydrogens is 554 g/mol. The number of carbonyl (C=O) groups excluding carboxylic acids is 3. The smallest absolute Gasteiger partial charge is 0.275 e. The Morgan fingerprint density at radius 2 is 1.77 bits per heavy atom. The van der Waals surface area contributed by atoms with Crippen LogP contribution in [0.2, 0.25) is 0 Å². The summed E-state index contributed by atoms with van der Waals surface area (Å²) in [5.74, 6) is -4.03. The summed E-state index contributed by atoms with van der Waals surface area (Å²) in [6.07, 6.45) is 1.35. The zero-order valence-corrected chi connectivity index (χ0v) is 26.2. The molecular formula is C31H44BFN4O6. The van der Waals surface area contributed by atoms with Gasteiger partial charge < -0.3 is 35.3 Å². The van der Waals surface area contributed by atoms with Crippen LogP contribution in [0.5, 0.6) is 0 Å². The second-order valence-corrected chi connectivity index (χ2v) is 12.7. The Morgan fingerprint density at radius 3 is 2.35 bits per heavy atom. The quantitative estimate of drug-likeness (QED) is 0.156. The molecule has 43 heavy (non-hydrogen) atoms. The van der Waals surface area contributed by atoms with Gasteiger partial charge in [0.25, 0.3) is 5.91 Å². The van der Waals surface area contributed by atoms with Gasteiger partial charge in [0, 0.05) is 50.9 Å². The molecule has 1 unspecified atom stereocenters. The van der Waals surface area contributed by atoms with Gasteiger partial charge in [-0.25, -0.2) is 4.39 Å². The molecule has 2 aromatic carbocycles. The average molecular weight is 599 g/mol. The second kappa shape index (κ2) is 13.1. The van der Waals surface area contributed by atoms with E-state index < -0.39 is 34.3 Å². The van der Waals surface area contributed by atoms with Crippen molar-refractivity contribution < 1.29 is 33.7 Å². The van der Waals surface area contributed by atoms with Gasteiger partial charge in [-0.15, -0.1) is 0 Å². The maximum absolute atomic E-state index is 15.9. The number of nitrogens with zero attached hydrogens (tertiary/aromatic N) is 2. The van der Waals surface area contributed by atoms with E-state index in [0.29, 0.717) is 42.5 Å². The molecule has 2 aromatic rings. The fraction of sp³-hybridized carbons (Fsp3) is 0.516. The Balaban J connectivity index is 1.93. The summed E-state index contributed by atoms with van der Waals surface area (Å²) in [6, 6.07) is 9.52. The zero-order chi connectivity index (χ0) is 32.2. The molecule has 1 atom stereocenters. The van der Waals surface area contributed by atoms with E-state index in [1.54, 1.807) is 45.1 Å². The van der Waals surface area contributed by atoms with Crippen LogP contribution in [0.3, 0.4) is 0 Å². The van der Waals surface area contributed by atoms with Gasteiger partial charge in [-0.05, 0) is 64.3 Å². The number of hydrogen-bond donors (Lipinski definition) is 4. The van der Waals surface area contributed by atoms with Crippen molar-refractivity contribution in [2.24, 2.45) is 0 Å². The molecule has 4 N–H and O–H groups in total. The van der Waals surface area contributed by atoms with Gasteiger partial charge in [0.05, 0.1) is 22.2 Å². The lowest BCUT2D eigenvalue weighted by Crippen LogP contribution is -2.58. The molecule has 0 aliphatic carbocycles. The summed E-state index contributed by atoms with van der Waals surface area (Å²) >= 11 is 0. The predicted molar refractivity (Wildman–Crippen MR) is 164 cm³/mol. The van der Waals surface area contributed by atoms with E-state index in [-0.39, 0.29) is 37.2 Å². The molecule has 10 nitrogen and oxygen atoms in total. The zero-order valence-electron chi connectivity index (χ0n) is 26.2. The van der Waals surface area contributed by atoms with Crippen molar-refractivity contribution in [3.8, 4) is 0 Å². The summed E-state index contributed by atoms with van der Waals surface area (Å²) in [5.41, 5.74) is -0.888. The standard InChI is InChI=1S/C31H44BFN4O6/c1-21-10-7-13-25(23(21)17-37(20-39)30(32,14-9-15-38)27(40)34-6)35-31(41,42)24-12-8-11-22(26(24)33)16-36-18-28(2,3)43-29(4,5)19-36/h7-8,10-13,15,20,35,41-42H,9,14,16-19,32H2,1-6H3,(H,34,40). The summed E-state index contributed by atoms with van der Waals surface area (Å²) in [6.45, 7) is 11.0. The van der Waals surface area contributed by atoms with Gasteiger partial charge in [0.2, 0.25) is 12.3 Å². The third kappa shape index (κ3) is 8.00. The largest absolute Gasteiger partial charge is 0.367 e. The van der Waals surface area contributed by atoms with Gasteiger partial charge in [-0.2, -0.15) is 0 Å². The maximum atomic E-state index is 15.9. The lowest BCUT2D eigenvalue weighted by Gasteiger charge is -2.47. The average Bonchev–Trinajstić information content (AvgIpc) is 2.90. The van der Waals surface area contributed by atoms with E-state index in [1.165, 1.54) is 18.0 Å². The number of carbonyl (C=O) groups is 3. The first-order valence-corrected chi connectivity index (χ1v) is 14.4. The van der Waals surface area contributed by atoms with E-state index >= 15 is 4.39 Å². The molecule has 1 saturated heterocycles. The number of rotatable bonds is 13. The normalized spacial score (nSPS) is 17.9. The van der Waals surface area contributed by atoms with Crippen molar-refractivity contribution in [2.75, 3.05) is 25.5 Å². The van der Waals surface area contributed by atoms with Crippen molar-refractivity contribution >= 4 is 32.1 Å². The molecule has 1 fully saturated rings. The summed E-state index contributed by atoms with van der Waals surface area (Å²) in [7, 11) is 3.01. The SMILES string of the molecule is BC(CCC=O)(C(=O)NC)N(C=O)Cc1c(C)cccc1NC(O)(O)c1cccc(CN2CC(C)(C)OC(C)(C)C2)c1F. The number of likely N-dealkylation sites (N-methyl/N-ethyl adjacent to an activating group) is 1. The monoisotopic (exact) mass is 598 g/mol. The third-order valence-electron chi connectivity index (χ3n) is 7.88. The highest BCUT2D eigenvalue weighted by atomic mass is 19.1. The molecule has 0 bridgehead atoms. The summed E-state index contributed by atoms with van der Waals surface area (Å²) < 4.78 is 22.0. The number of halogens is 1. The first-order valence-electron chi connectivity index (χ1n) is 14.4. The molecule has 0 radical (unpaired) electrons.